The minimum atomic E-state index is 0.160. The molecule has 0 aromatic rings. The molecule has 3 heteroatoms. The molecule has 1 heterocycles. The van der Waals surface area contributed by atoms with Gasteiger partial charge in [-0.05, 0) is 25.0 Å². The van der Waals surface area contributed by atoms with Gasteiger partial charge in [0.2, 0.25) is 0 Å². The molecule has 1 saturated heterocycles. The lowest BCUT2D eigenvalue weighted by atomic mass is 10.2. The molecule has 0 bridgehead atoms. The predicted octanol–water partition coefficient (Wildman–Crippen LogP) is 1.57. The fourth-order valence-corrected chi connectivity index (χ4v) is 1.32. The summed E-state index contributed by atoms with van der Waals surface area (Å²) in [5, 5.41) is 17.0. The first-order chi connectivity index (χ1) is 6.27. The molecule has 1 rings (SSSR count). The fraction of sp³-hybridized carbons (Fsp3) is 0.400. The van der Waals surface area contributed by atoms with Gasteiger partial charge in [0, 0.05) is 19.3 Å². The average molecular weight is 173 g/mol. The maximum atomic E-state index is 8.48. The van der Waals surface area contributed by atoms with Gasteiger partial charge in [-0.2, -0.15) is 10.5 Å². The molecule has 0 unspecified atom stereocenters. The number of nitriles is 2. The first-order valence-corrected chi connectivity index (χ1v) is 4.20. The van der Waals surface area contributed by atoms with E-state index in [9.17, 15) is 0 Å². The van der Waals surface area contributed by atoms with Gasteiger partial charge < -0.3 is 4.90 Å². The minimum absolute atomic E-state index is 0.160. The van der Waals surface area contributed by atoms with Crippen LogP contribution in [-0.2, 0) is 0 Å². The Morgan fingerprint density at radius 1 is 1.46 bits per heavy atom. The van der Waals surface area contributed by atoms with Gasteiger partial charge in [-0.15, -0.1) is 0 Å². The van der Waals surface area contributed by atoms with Gasteiger partial charge in [0.15, 0.2) is 0 Å². The van der Waals surface area contributed by atoms with Crippen LogP contribution in [0.4, 0.5) is 0 Å². The van der Waals surface area contributed by atoms with Gasteiger partial charge in [0.25, 0.3) is 0 Å². The third-order valence-corrected chi connectivity index (χ3v) is 2.10. The lowest BCUT2D eigenvalue weighted by molar-refractivity contribution is 0.481. The van der Waals surface area contributed by atoms with E-state index in [1.54, 1.807) is 6.08 Å². The highest BCUT2D eigenvalue weighted by molar-refractivity contribution is 5.38. The van der Waals surface area contributed by atoms with Crippen molar-refractivity contribution in [3.8, 4) is 12.1 Å². The third-order valence-electron chi connectivity index (χ3n) is 2.10. The van der Waals surface area contributed by atoms with Crippen LogP contribution in [0, 0.1) is 22.7 Å². The number of hydrogen-bond acceptors (Lipinski definition) is 3. The molecule has 0 atom stereocenters. The van der Waals surface area contributed by atoms with Crippen molar-refractivity contribution >= 4 is 0 Å². The zero-order valence-electron chi connectivity index (χ0n) is 7.62. The second kappa shape index (κ2) is 4.33. The summed E-state index contributed by atoms with van der Waals surface area (Å²) in [5.41, 5.74) is 1.36. The van der Waals surface area contributed by atoms with Crippen molar-refractivity contribution in [2.75, 3.05) is 13.6 Å². The molecule has 13 heavy (non-hydrogen) atoms. The molecular weight excluding hydrogens is 162 g/mol. The van der Waals surface area contributed by atoms with Crippen molar-refractivity contribution in [3.63, 3.8) is 0 Å². The third kappa shape index (κ3) is 2.35. The molecule has 0 amide bonds. The van der Waals surface area contributed by atoms with Crippen LogP contribution < -0.4 is 0 Å². The zero-order valence-corrected chi connectivity index (χ0v) is 7.62. The lowest BCUT2D eigenvalue weighted by Gasteiger charge is -2.10. The molecule has 66 valence electrons. The maximum Gasteiger partial charge on any atom is 0.129 e. The summed E-state index contributed by atoms with van der Waals surface area (Å²) in [5.74, 6) is 0. The topological polar surface area (TPSA) is 50.8 Å². The van der Waals surface area contributed by atoms with Crippen molar-refractivity contribution in [3.05, 3.63) is 23.4 Å². The van der Waals surface area contributed by atoms with Crippen molar-refractivity contribution in [1.29, 1.82) is 10.5 Å². The summed E-state index contributed by atoms with van der Waals surface area (Å²) in [7, 11) is 2.02. The SMILES string of the molecule is CN1CCC/C1=C/C=C(C#N)C#N. The minimum Gasteiger partial charge on any atom is -0.378 e. The van der Waals surface area contributed by atoms with Gasteiger partial charge in [-0.1, -0.05) is 0 Å². The average Bonchev–Trinajstić information content (AvgIpc) is 2.54. The van der Waals surface area contributed by atoms with Crippen molar-refractivity contribution in [2.45, 2.75) is 12.8 Å². The van der Waals surface area contributed by atoms with Gasteiger partial charge in [-0.25, -0.2) is 0 Å². The summed E-state index contributed by atoms with van der Waals surface area (Å²) in [4.78, 5) is 2.14. The van der Waals surface area contributed by atoms with E-state index in [0.717, 1.165) is 19.4 Å². The van der Waals surface area contributed by atoms with Crippen LogP contribution in [0.2, 0.25) is 0 Å². The van der Waals surface area contributed by atoms with Gasteiger partial charge in [0.05, 0.1) is 0 Å². The van der Waals surface area contributed by atoms with Crippen LogP contribution in [0.1, 0.15) is 12.8 Å². The Hall–Kier alpha value is -1.74. The standard InChI is InChI=1S/C10H11N3/c1-13-6-2-3-10(13)5-4-9(7-11)8-12/h4-5H,2-3,6H2,1H3/b10-5-. The summed E-state index contributed by atoms with van der Waals surface area (Å²) in [6.07, 6.45) is 5.63. The lowest BCUT2D eigenvalue weighted by Crippen LogP contribution is -2.09. The first-order valence-electron chi connectivity index (χ1n) is 4.20. The number of hydrogen-bond donors (Lipinski definition) is 0. The Labute approximate surface area is 78.2 Å². The van der Waals surface area contributed by atoms with E-state index in [1.807, 2.05) is 25.3 Å². The largest absolute Gasteiger partial charge is 0.378 e. The van der Waals surface area contributed by atoms with E-state index >= 15 is 0 Å². The van der Waals surface area contributed by atoms with Crippen molar-refractivity contribution in [2.24, 2.45) is 0 Å². The molecule has 1 fully saturated rings. The second-order valence-electron chi connectivity index (χ2n) is 2.99. The molecule has 1 aliphatic heterocycles. The van der Waals surface area contributed by atoms with E-state index in [1.165, 1.54) is 5.70 Å². The van der Waals surface area contributed by atoms with E-state index in [-0.39, 0.29) is 5.57 Å². The Kier molecular flexibility index (Phi) is 3.11. The van der Waals surface area contributed by atoms with Crippen molar-refractivity contribution in [1.82, 2.24) is 4.90 Å². The molecule has 0 spiro atoms. The van der Waals surface area contributed by atoms with Crippen LogP contribution >= 0.6 is 0 Å². The van der Waals surface area contributed by atoms with Crippen molar-refractivity contribution < 1.29 is 0 Å². The maximum absolute atomic E-state index is 8.48. The van der Waals surface area contributed by atoms with Gasteiger partial charge >= 0.3 is 0 Å². The number of likely N-dealkylation sites (tertiary alicyclic amines) is 1. The number of nitrogens with zero attached hydrogens (tertiary/aromatic N) is 3. The monoisotopic (exact) mass is 173 g/mol. The summed E-state index contributed by atoms with van der Waals surface area (Å²) in [6.45, 7) is 1.06. The molecule has 0 radical (unpaired) electrons. The molecule has 0 saturated carbocycles. The van der Waals surface area contributed by atoms with Crippen LogP contribution in [0.5, 0.6) is 0 Å². The quantitative estimate of drug-likeness (QED) is 0.565. The smallest absolute Gasteiger partial charge is 0.129 e. The Morgan fingerprint density at radius 3 is 2.62 bits per heavy atom. The number of rotatable bonds is 1. The summed E-state index contributed by atoms with van der Waals surface area (Å²) in [6, 6.07) is 3.65. The first kappa shape index (κ1) is 9.35. The summed E-state index contributed by atoms with van der Waals surface area (Å²) >= 11 is 0. The van der Waals surface area contributed by atoms with E-state index in [4.69, 9.17) is 10.5 Å². The molecule has 0 N–H and O–H groups in total. The second-order valence-corrected chi connectivity index (χ2v) is 2.99. The molecule has 3 nitrogen and oxygen atoms in total. The van der Waals surface area contributed by atoms with Crippen LogP contribution in [0.15, 0.2) is 23.4 Å². The fourth-order valence-electron chi connectivity index (χ4n) is 1.32. The summed E-state index contributed by atoms with van der Waals surface area (Å²) < 4.78 is 0. The highest BCUT2D eigenvalue weighted by atomic mass is 15.1. The molecule has 0 aliphatic carbocycles. The molecular formula is C10H11N3. The zero-order chi connectivity index (χ0) is 9.68. The van der Waals surface area contributed by atoms with Crippen LogP contribution in [0.25, 0.3) is 0 Å². The van der Waals surface area contributed by atoms with Crippen LogP contribution in [-0.4, -0.2) is 18.5 Å². The van der Waals surface area contributed by atoms with Crippen LogP contribution in [0.3, 0.4) is 0 Å². The molecule has 0 aromatic carbocycles. The Bertz CT molecular complexity index is 309. The highest BCUT2D eigenvalue weighted by Crippen LogP contribution is 2.18. The van der Waals surface area contributed by atoms with E-state index in [0.29, 0.717) is 0 Å². The van der Waals surface area contributed by atoms with Gasteiger partial charge in [0.1, 0.15) is 17.7 Å². The Morgan fingerprint density at radius 2 is 2.15 bits per heavy atom. The van der Waals surface area contributed by atoms with E-state index < -0.39 is 0 Å². The predicted molar refractivity (Wildman–Crippen MR) is 49.3 cm³/mol. The van der Waals surface area contributed by atoms with Gasteiger partial charge in [-0.3, -0.25) is 0 Å². The normalized spacial score (nSPS) is 18.1. The highest BCUT2D eigenvalue weighted by Gasteiger charge is 2.10. The van der Waals surface area contributed by atoms with E-state index in [2.05, 4.69) is 4.90 Å². The molecule has 1 aliphatic rings. The molecule has 0 aromatic heterocycles. The Balaban J connectivity index is 2.73. The number of allylic oxidation sites excluding steroid dienone is 4.